The van der Waals surface area contributed by atoms with Crippen molar-refractivity contribution in [2.45, 2.75) is 64.5 Å². The first-order chi connectivity index (χ1) is 17.8. The molecule has 1 unspecified atom stereocenters. The Bertz CT molecular complexity index is 1370. The molecule has 37 heavy (non-hydrogen) atoms. The number of aliphatic carboxylic acids is 1. The van der Waals surface area contributed by atoms with Gasteiger partial charge in [0, 0.05) is 35.7 Å². The Morgan fingerprint density at radius 2 is 1.78 bits per heavy atom. The van der Waals surface area contributed by atoms with Crippen molar-refractivity contribution >= 4 is 22.8 Å². The first kappa shape index (κ1) is 25.1. The summed E-state index contributed by atoms with van der Waals surface area (Å²) >= 11 is 0. The SMILES string of the molecule is Cc1ccccc1-c1cc(=O)oc2cc(O[C@H](C)C(=O)N3C[C@@H](C(=O)O)CCC3C3CCCC3)ccc12. The summed E-state index contributed by atoms with van der Waals surface area (Å²) in [6.45, 7) is 3.91. The lowest BCUT2D eigenvalue weighted by molar-refractivity contribution is -0.151. The number of carboxylic acids is 1. The van der Waals surface area contributed by atoms with E-state index in [1.807, 2.05) is 37.3 Å². The molecule has 7 nitrogen and oxygen atoms in total. The quantitative estimate of drug-likeness (QED) is 0.451. The second-order valence-corrected chi connectivity index (χ2v) is 10.4. The van der Waals surface area contributed by atoms with Gasteiger partial charge in [0.2, 0.25) is 0 Å². The van der Waals surface area contributed by atoms with Crippen molar-refractivity contribution < 1.29 is 23.8 Å². The fourth-order valence-electron chi connectivity index (χ4n) is 6.08. The van der Waals surface area contributed by atoms with E-state index in [1.165, 1.54) is 6.07 Å². The zero-order chi connectivity index (χ0) is 26.1. The summed E-state index contributed by atoms with van der Waals surface area (Å²) in [6.07, 6.45) is 4.98. The van der Waals surface area contributed by atoms with Gasteiger partial charge in [-0.1, -0.05) is 37.1 Å². The molecule has 1 aromatic heterocycles. The molecule has 1 aliphatic carbocycles. The minimum absolute atomic E-state index is 0.0583. The molecule has 0 bridgehead atoms. The largest absolute Gasteiger partial charge is 0.481 e. The first-order valence-electron chi connectivity index (χ1n) is 13.2. The number of carbonyl (C=O) groups is 2. The van der Waals surface area contributed by atoms with E-state index in [2.05, 4.69) is 0 Å². The highest BCUT2D eigenvalue weighted by Crippen LogP contribution is 2.37. The van der Waals surface area contributed by atoms with Crippen molar-refractivity contribution in [3.63, 3.8) is 0 Å². The second-order valence-electron chi connectivity index (χ2n) is 10.4. The van der Waals surface area contributed by atoms with Crippen molar-refractivity contribution in [1.82, 2.24) is 4.90 Å². The zero-order valence-electron chi connectivity index (χ0n) is 21.3. The van der Waals surface area contributed by atoms with Gasteiger partial charge in [-0.2, -0.15) is 0 Å². The highest BCUT2D eigenvalue weighted by molar-refractivity contribution is 5.94. The summed E-state index contributed by atoms with van der Waals surface area (Å²) in [4.78, 5) is 39.4. The molecule has 0 radical (unpaired) electrons. The van der Waals surface area contributed by atoms with Crippen LogP contribution in [-0.4, -0.2) is 40.6 Å². The molecule has 1 saturated heterocycles. The molecule has 0 spiro atoms. The maximum atomic E-state index is 13.6. The molecule has 2 aromatic carbocycles. The van der Waals surface area contributed by atoms with Gasteiger partial charge in [-0.05, 0) is 68.7 Å². The average molecular weight is 504 g/mol. The third-order valence-electron chi connectivity index (χ3n) is 8.02. The summed E-state index contributed by atoms with van der Waals surface area (Å²) in [6, 6.07) is 14.7. The Hall–Kier alpha value is -3.61. The molecule has 2 aliphatic rings. The zero-order valence-corrected chi connectivity index (χ0v) is 21.3. The Balaban J connectivity index is 1.40. The van der Waals surface area contributed by atoms with Gasteiger partial charge >= 0.3 is 11.6 Å². The number of ether oxygens (including phenoxy) is 1. The number of piperidine rings is 1. The highest BCUT2D eigenvalue weighted by atomic mass is 16.5. The van der Waals surface area contributed by atoms with E-state index in [1.54, 1.807) is 24.0 Å². The number of carbonyl (C=O) groups excluding carboxylic acids is 1. The number of hydrogen-bond acceptors (Lipinski definition) is 5. The van der Waals surface area contributed by atoms with Crippen LogP contribution in [0.25, 0.3) is 22.1 Å². The fourth-order valence-corrected chi connectivity index (χ4v) is 6.08. The fraction of sp³-hybridized carbons (Fsp3) is 0.433. The number of amides is 1. The van der Waals surface area contributed by atoms with Crippen LogP contribution >= 0.6 is 0 Å². The maximum Gasteiger partial charge on any atom is 0.336 e. The predicted octanol–water partition coefficient (Wildman–Crippen LogP) is 5.42. The van der Waals surface area contributed by atoms with Crippen molar-refractivity contribution in [3.05, 3.63) is 64.5 Å². The van der Waals surface area contributed by atoms with E-state index in [0.717, 1.165) is 47.8 Å². The number of fused-ring (bicyclic) bond motifs is 1. The van der Waals surface area contributed by atoms with Gasteiger partial charge in [0.1, 0.15) is 11.3 Å². The van der Waals surface area contributed by atoms with E-state index in [4.69, 9.17) is 9.15 Å². The van der Waals surface area contributed by atoms with Gasteiger partial charge in [-0.25, -0.2) is 4.79 Å². The van der Waals surface area contributed by atoms with Crippen molar-refractivity contribution in [2.75, 3.05) is 6.54 Å². The summed E-state index contributed by atoms with van der Waals surface area (Å²) in [7, 11) is 0. The highest BCUT2D eigenvalue weighted by Gasteiger charge is 2.41. The van der Waals surface area contributed by atoms with Crippen molar-refractivity contribution in [1.29, 1.82) is 0 Å². The van der Waals surface area contributed by atoms with E-state index in [-0.39, 0.29) is 18.5 Å². The van der Waals surface area contributed by atoms with Gasteiger partial charge in [-0.15, -0.1) is 0 Å². The standard InChI is InChI=1S/C30H33NO6/c1-18-7-3-6-10-23(18)25-16-28(32)37-27-15-22(12-13-24(25)27)36-19(2)29(33)31-17-21(30(34)35)11-14-26(31)20-8-4-5-9-20/h3,6-7,10,12-13,15-16,19-21,26H,4-5,8-9,11,14,17H2,1-2H3,(H,34,35)/t19-,21+,26?/m1/s1. The van der Waals surface area contributed by atoms with Gasteiger partial charge in [0.05, 0.1) is 5.92 Å². The molecule has 3 atom stereocenters. The van der Waals surface area contributed by atoms with Crippen LogP contribution in [0.4, 0.5) is 0 Å². The van der Waals surface area contributed by atoms with Gasteiger partial charge in [0.15, 0.2) is 6.10 Å². The van der Waals surface area contributed by atoms with Crippen LogP contribution in [0.5, 0.6) is 5.75 Å². The Morgan fingerprint density at radius 3 is 2.51 bits per heavy atom. The number of hydrogen-bond donors (Lipinski definition) is 1. The lowest BCUT2D eigenvalue weighted by Gasteiger charge is -2.42. The number of benzene rings is 2. The summed E-state index contributed by atoms with van der Waals surface area (Å²) in [5.41, 5.74) is 2.71. The lowest BCUT2D eigenvalue weighted by atomic mass is 9.84. The van der Waals surface area contributed by atoms with E-state index >= 15 is 0 Å². The predicted molar refractivity (Wildman–Crippen MR) is 141 cm³/mol. The molecular formula is C30H33NO6. The molecular weight excluding hydrogens is 470 g/mol. The van der Waals surface area contributed by atoms with E-state index < -0.39 is 23.6 Å². The summed E-state index contributed by atoms with van der Waals surface area (Å²) in [5, 5.41) is 10.4. The minimum Gasteiger partial charge on any atom is -0.481 e. The van der Waals surface area contributed by atoms with Gasteiger partial charge in [0.25, 0.3) is 5.91 Å². The van der Waals surface area contributed by atoms with Crippen LogP contribution in [0.3, 0.4) is 0 Å². The van der Waals surface area contributed by atoms with Crippen LogP contribution < -0.4 is 10.4 Å². The molecule has 1 saturated carbocycles. The molecule has 1 aliphatic heterocycles. The number of carboxylic acid groups (broad SMARTS) is 1. The van der Waals surface area contributed by atoms with Crippen LogP contribution in [0.1, 0.15) is 51.0 Å². The van der Waals surface area contributed by atoms with Crippen LogP contribution in [0, 0.1) is 18.8 Å². The average Bonchev–Trinajstić information content (AvgIpc) is 3.42. The van der Waals surface area contributed by atoms with E-state index in [0.29, 0.717) is 30.1 Å². The maximum absolute atomic E-state index is 13.6. The Labute approximate surface area is 216 Å². The molecule has 1 N–H and O–H groups in total. The van der Waals surface area contributed by atoms with Crippen molar-refractivity contribution in [3.8, 4) is 16.9 Å². The number of rotatable bonds is 6. The van der Waals surface area contributed by atoms with Crippen molar-refractivity contribution in [2.24, 2.45) is 11.8 Å². The number of likely N-dealkylation sites (tertiary alicyclic amines) is 1. The third-order valence-corrected chi connectivity index (χ3v) is 8.02. The normalized spacial score (nSPS) is 21.2. The van der Waals surface area contributed by atoms with Crippen LogP contribution in [0.2, 0.25) is 0 Å². The van der Waals surface area contributed by atoms with Crippen LogP contribution in [0.15, 0.2) is 57.7 Å². The third kappa shape index (κ3) is 5.13. The van der Waals surface area contributed by atoms with Gasteiger partial charge < -0.3 is 19.2 Å². The molecule has 3 aromatic rings. The minimum atomic E-state index is -0.856. The van der Waals surface area contributed by atoms with E-state index in [9.17, 15) is 19.5 Å². The van der Waals surface area contributed by atoms with Crippen LogP contribution in [-0.2, 0) is 9.59 Å². The molecule has 194 valence electrons. The second kappa shape index (κ2) is 10.4. The van der Waals surface area contributed by atoms with Gasteiger partial charge in [-0.3, -0.25) is 9.59 Å². The molecule has 2 heterocycles. The number of nitrogens with zero attached hydrogens (tertiary/aromatic N) is 1. The lowest BCUT2D eigenvalue weighted by Crippen LogP contribution is -2.54. The molecule has 1 amide bonds. The summed E-state index contributed by atoms with van der Waals surface area (Å²) < 4.78 is 11.5. The Kier molecular flexibility index (Phi) is 7.04. The smallest absolute Gasteiger partial charge is 0.336 e. The first-order valence-corrected chi connectivity index (χ1v) is 13.2. The number of aryl methyl sites for hydroxylation is 1. The monoisotopic (exact) mass is 503 g/mol. The molecule has 7 heteroatoms. The Morgan fingerprint density at radius 1 is 1.03 bits per heavy atom. The molecule has 5 rings (SSSR count). The summed E-state index contributed by atoms with van der Waals surface area (Å²) in [5.74, 6) is -0.768. The molecule has 2 fully saturated rings. The topological polar surface area (TPSA) is 97.0 Å².